The van der Waals surface area contributed by atoms with E-state index >= 15 is 0 Å². The second-order valence-corrected chi connectivity index (χ2v) is 7.95. The maximum atomic E-state index is 13.3. The van der Waals surface area contributed by atoms with E-state index in [4.69, 9.17) is 4.74 Å². The molecule has 0 heterocycles. The molecule has 2 aromatic carbocycles. The summed E-state index contributed by atoms with van der Waals surface area (Å²) in [6, 6.07) is 6.34. The van der Waals surface area contributed by atoms with Crippen LogP contribution in [0.15, 0.2) is 36.4 Å². The van der Waals surface area contributed by atoms with Gasteiger partial charge in [-0.05, 0) is 57.1 Å². The SMILES string of the molecule is CCCCCOc1ccc(PC(=O)c2c(C(F)(F)F)cccc2C(F)(F)F)c(C)c1.[Li]. The number of carbonyl (C=O) groups excluding carboxylic acids is 1. The predicted molar refractivity (Wildman–Crippen MR) is 111 cm³/mol. The normalized spacial score (nSPS) is 12.1. The average molecular weight is 457 g/mol. The molecule has 2 rings (SSSR count). The molecule has 0 fully saturated rings. The fraction of sp³-hybridized carbons (Fsp3) is 0.381. The van der Waals surface area contributed by atoms with Crippen molar-refractivity contribution in [1.29, 1.82) is 0 Å². The molecule has 1 unspecified atom stereocenters. The van der Waals surface area contributed by atoms with Crippen LogP contribution in [0.1, 0.15) is 53.2 Å². The van der Waals surface area contributed by atoms with Gasteiger partial charge in [-0.3, -0.25) is 4.79 Å². The molecule has 0 aliphatic carbocycles. The summed E-state index contributed by atoms with van der Waals surface area (Å²) in [4.78, 5) is 12.6. The van der Waals surface area contributed by atoms with E-state index in [0.717, 1.165) is 19.3 Å². The Kier molecular flexibility index (Phi) is 10.1. The van der Waals surface area contributed by atoms with Crippen LogP contribution in [0.5, 0.6) is 5.75 Å². The van der Waals surface area contributed by atoms with Crippen molar-refractivity contribution < 1.29 is 35.9 Å². The molecule has 10 heteroatoms. The third-order valence-electron chi connectivity index (χ3n) is 4.37. The van der Waals surface area contributed by atoms with E-state index in [0.29, 0.717) is 41.4 Å². The zero-order valence-electron chi connectivity index (χ0n) is 17.4. The second kappa shape index (κ2) is 11.4. The quantitative estimate of drug-likeness (QED) is 0.200. The number of halogens is 6. The van der Waals surface area contributed by atoms with E-state index in [2.05, 4.69) is 6.92 Å². The number of unbranched alkanes of at least 4 members (excludes halogenated alkanes) is 2. The monoisotopic (exact) mass is 457 g/mol. The number of hydrogen-bond acceptors (Lipinski definition) is 2. The third kappa shape index (κ3) is 7.56. The molecule has 0 amide bonds. The summed E-state index contributed by atoms with van der Waals surface area (Å²) in [5.74, 6) is 0.538. The van der Waals surface area contributed by atoms with Crippen molar-refractivity contribution in [3.8, 4) is 5.75 Å². The molecule has 0 aliphatic heterocycles. The van der Waals surface area contributed by atoms with Gasteiger partial charge in [0.1, 0.15) is 5.75 Å². The van der Waals surface area contributed by atoms with Crippen LogP contribution in [0.25, 0.3) is 0 Å². The summed E-state index contributed by atoms with van der Waals surface area (Å²) in [6.07, 6.45) is -7.26. The molecular weight excluding hydrogens is 436 g/mol. The van der Waals surface area contributed by atoms with Gasteiger partial charge in [0.25, 0.3) is 0 Å². The number of hydrogen-bond donors (Lipinski definition) is 0. The van der Waals surface area contributed by atoms with Gasteiger partial charge in [-0.2, -0.15) is 26.3 Å². The zero-order chi connectivity index (χ0) is 22.5. The first-order chi connectivity index (χ1) is 13.9. The average Bonchev–Trinajstić information content (AvgIpc) is 2.65. The number of carbonyl (C=O) groups is 1. The first-order valence-electron chi connectivity index (χ1n) is 9.27. The molecule has 0 saturated heterocycles. The Labute approximate surface area is 190 Å². The van der Waals surface area contributed by atoms with E-state index in [9.17, 15) is 31.1 Å². The van der Waals surface area contributed by atoms with Crippen LogP contribution in [-0.2, 0) is 12.4 Å². The summed E-state index contributed by atoms with van der Waals surface area (Å²) in [7, 11) is -0.890. The molecule has 2 nitrogen and oxygen atoms in total. The number of benzene rings is 2. The Hall–Kier alpha value is -1.48. The van der Waals surface area contributed by atoms with E-state index in [1.54, 1.807) is 19.1 Å². The predicted octanol–water partition coefficient (Wildman–Crippen LogP) is 6.37. The van der Waals surface area contributed by atoms with Gasteiger partial charge in [-0.25, -0.2) is 0 Å². The van der Waals surface area contributed by atoms with Crippen LogP contribution in [0.4, 0.5) is 26.3 Å². The molecular formula is C21H21F6LiO2P. The summed E-state index contributed by atoms with van der Waals surface area (Å²) >= 11 is 0. The molecule has 2 aromatic rings. The van der Waals surface area contributed by atoms with Gasteiger partial charge in [0, 0.05) is 24.4 Å². The van der Waals surface area contributed by atoms with E-state index in [-0.39, 0.29) is 18.9 Å². The molecule has 31 heavy (non-hydrogen) atoms. The zero-order valence-corrected chi connectivity index (χ0v) is 18.4. The molecule has 0 bridgehead atoms. The van der Waals surface area contributed by atoms with Gasteiger partial charge in [0.2, 0.25) is 0 Å². The molecule has 0 aliphatic rings. The van der Waals surface area contributed by atoms with Crippen molar-refractivity contribution >= 4 is 38.3 Å². The summed E-state index contributed by atoms with van der Waals surface area (Å²) < 4.78 is 85.3. The van der Waals surface area contributed by atoms with Crippen molar-refractivity contribution in [2.45, 2.75) is 45.5 Å². The van der Waals surface area contributed by atoms with Crippen molar-refractivity contribution in [2.75, 3.05) is 6.61 Å². The van der Waals surface area contributed by atoms with Gasteiger partial charge < -0.3 is 4.74 Å². The molecule has 0 saturated carbocycles. The number of aryl methyl sites for hydroxylation is 1. The Bertz CT molecular complexity index is 864. The molecule has 0 N–H and O–H groups in total. The Morgan fingerprint density at radius 2 is 1.55 bits per heavy atom. The summed E-state index contributed by atoms with van der Waals surface area (Å²) in [5.41, 5.74) is -5.15. The number of alkyl halides is 6. The minimum Gasteiger partial charge on any atom is -0.494 e. The summed E-state index contributed by atoms with van der Waals surface area (Å²) in [6.45, 7) is 4.19. The molecule has 1 atom stereocenters. The number of rotatable bonds is 8. The van der Waals surface area contributed by atoms with Gasteiger partial charge in [-0.15, -0.1) is 0 Å². The standard InChI is InChI=1S/C21H21F6O2P.Li/c1-3-4-5-11-29-14-9-10-17(13(2)12-14)30-19(28)18-15(20(22,23)24)7-6-8-16(18)21(25,26)27;/h6-10,12,30H,3-5,11H2,1-2H3;. The maximum absolute atomic E-state index is 13.3. The fourth-order valence-electron chi connectivity index (χ4n) is 2.86. The van der Waals surface area contributed by atoms with Crippen molar-refractivity contribution in [3.05, 3.63) is 58.7 Å². The van der Waals surface area contributed by atoms with Gasteiger partial charge in [0.15, 0.2) is 5.52 Å². The molecule has 165 valence electrons. The van der Waals surface area contributed by atoms with Crippen molar-refractivity contribution in [1.82, 2.24) is 0 Å². The maximum Gasteiger partial charge on any atom is 0.417 e. The molecule has 1 radical (unpaired) electrons. The van der Waals surface area contributed by atoms with Crippen LogP contribution in [0.2, 0.25) is 0 Å². The van der Waals surface area contributed by atoms with E-state index in [1.165, 1.54) is 6.07 Å². The first-order valence-corrected chi connectivity index (χ1v) is 10.3. The minimum absolute atomic E-state index is 0. The topological polar surface area (TPSA) is 26.3 Å². The van der Waals surface area contributed by atoms with Crippen LogP contribution in [0.3, 0.4) is 0 Å². The molecule has 0 aromatic heterocycles. The first kappa shape index (κ1) is 27.6. The van der Waals surface area contributed by atoms with Crippen LogP contribution >= 0.6 is 8.58 Å². The van der Waals surface area contributed by atoms with E-state index < -0.39 is 43.1 Å². The Morgan fingerprint density at radius 3 is 2.03 bits per heavy atom. The van der Waals surface area contributed by atoms with Crippen molar-refractivity contribution in [2.24, 2.45) is 0 Å². The van der Waals surface area contributed by atoms with Gasteiger partial charge >= 0.3 is 12.4 Å². The third-order valence-corrected chi connectivity index (χ3v) is 5.67. The molecule has 0 spiro atoms. The fourth-order valence-corrected chi connectivity index (χ4v) is 3.94. The smallest absolute Gasteiger partial charge is 0.417 e. The van der Waals surface area contributed by atoms with Gasteiger partial charge in [-0.1, -0.05) is 31.9 Å². The Morgan fingerprint density at radius 1 is 0.968 bits per heavy atom. The van der Waals surface area contributed by atoms with Crippen molar-refractivity contribution in [3.63, 3.8) is 0 Å². The second-order valence-electron chi connectivity index (χ2n) is 6.71. The Balaban J connectivity index is 0.00000480. The number of ether oxygens (including phenoxy) is 1. The van der Waals surface area contributed by atoms with Crippen LogP contribution in [0, 0.1) is 6.92 Å². The minimum atomic E-state index is -5.08. The van der Waals surface area contributed by atoms with Crippen LogP contribution < -0.4 is 10.0 Å². The largest absolute Gasteiger partial charge is 0.494 e. The summed E-state index contributed by atoms with van der Waals surface area (Å²) in [5, 5.41) is 0.367. The van der Waals surface area contributed by atoms with Gasteiger partial charge in [0.05, 0.1) is 17.7 Å². The van der Waals surface area contributed by atoms with Crippen LogP contribution in [-0.4, -0.2) is 31.0 Å². The van der Waals surface area contributed by atoms with E-state index in [1.807, 2.05) is 0 Å².